The number of rotatable bonds is 8. The summed E-state index contributed by atoms with van der Waals surface area (Å²) in [6, 6.07) is 12.4. The minimum atomic E-state index is 0.351. The second-order valence-corrected chi connectivity index (χ2v) is 5.53. The number of pyridine rings is 1. The highest BCUT2D eigenvalue weighted by molar-refractivity contribution is 5.54. The van der Waals surface area contributed by atoms with Gasteiger partial charge in [0, 0.05) is 18.8 Å². The number of benzene rings is 1. The van der Waals surface area contributed by atoms with Crippen LogP contribution in [-0.4, -0.2) is 17.6 Å². The maximum absolute atomic E-state index is 6.05. The van der Waals surface area contributed by atoms with E-state index in [1.807, 2.05) is 36.5 Å². The molecule has 3 N–H and O–H groups in total. The van der Waals surface area contributed by atoms with Crippen LogP contribution in [0.5, 0.6) is 5.75 Å². The summed E-state index contributed by atoms with van der Waals surface area (Å²) >= 11 is 0. The summed E-state index contributed by atoms with van der Waals surface area (Å²) in [5.41, 5.74) is 9.02. The molecule has 0 aliphatic carbocycles. The van der Waals surface area contributed by atoms with Crippen molar-refractivity contribution in [3.63, 3.8) is 0 Å². The zero-order chi connectivity index (χ0) is 15.8. The maximum Gasteiger partial charge on any atom is 0.142 e. The molecule has 0 fully saturated rings. The number of aromatic nitrogens is 1. The van der Waals surface area contributed by atoms with Crippen molar-refractivity contribution in [2.24, 2.45) is 0 Å². The number of nitrogen functional groups attached to an aromatic ring is 1. The second kappa shape index (κ2) is 8.39. The van der Waals surface area contributed by atoms with E-state index in [4.69, 9.17) is 10.5 Å². The van der Waals surface area contributed by atoms with Crippen molar-refractivity contribution in [3.05, 3.63) is 53.9 Å². The average Bonchev–Trinajstić information content (AvgIpc) is 2.53. The van der Waals surface area contributed by atoms with Gasteiger partial charge in [-0.05, 0) is 49.6 Å². The lowest BCUT2D eigenvalue weighted by molar-refractivity contribution is 0.319. The van der Waals surface area contributed by atoms with Crippen LogP contribution >= 0.6 is 0 Å². The van der Waals surface area contributed by atoms with Crippen LogP contribution in [-0.2, 0) is 13.0 Å². The Bertz CT molecular complexity index is 572. The summed E-state index contributed by atoms with van der Waals surface area (Å²) in [5.74, 6) is 0.777. The molecule has 0 amide bonds. The van der Waals surface area contributed by atoms with Crippen LogP contribution < -0.4 is 15.8 Å². The quantitative estimate of drug-likeness (QED) is 0.735. The van der Waals surface area contributed by atoms with E-state index in [-0.39, 0.29) is 0 Å². The van der Waals surface area contributed by atoms with Gasteiger partial charge in [-0.2, -0.15) is 0 Å². The van der Waals surface area contributed by atoms with Crippen molar-refractivity contribution in [1.82, 2.24) is 10.3 Å². The largest absolute Gasteiger partial charge is 0.491 e. The first-order valence-corrected chi connectivity index (χ1v) is 7.83. The third-order valence-electron chi connectivity index (χ3n) is 3.44. The van der Waals surface area contributed by atoms with Gasteiger partial charge in [0.1, 0.15) is 5.75 Å². The predicted molar refractivity (Wildman–Crippen MR) is 90.9 cm³/mol. The fraction of sp³-hybridized carbons (Fsp3) is 0.389. The molecular formula is C18H25N3O. The first-order valence-electron chi connectivity index (χ1n) is 7.83. The Kier molecular flexibility index (Phi) is 6.22. The summed E-state index contributed by atoms with van der Waals surface area (Å²) in [6.07, 6.45) is 3.72. The fourth-order valence-corrected chi connectivity index (χ4v) is 2.28. The van der Waals surface area contributed by atoms with Crippen LogP contribution in [0.1, 0.15) is 31.5 Å². The second-order valence-electron chi connectivity index (χ2n) is 5.53. The van der Waals surface area contributed by atoms with E-state index in [0.29, 0.717) is 18.3 Å². The van der Waals surface area contributed by atoms with E-state index in [0.717, 1.165) is 30.8 Å². The number of anilines is 1. The number of nitrogens with one attached hydrogen (secondary N) is 1. The molecular weight excluding hydrogens is 274 g/mol. The topological polar surface area (TPSA) is 60.2 Å². The van der Waals surface area contributed by atoms with Crippen LogP contribution in [0.3, 0.4) is 0 Å². The van der Waals surface area contributed by atoms with Crippen LogP contribution in [0.25, 0.3) is 0 Å². The molecule has 0 saturated heterocycles. The van der Waals surface area contributed by atoms with Gasteiger partial charge in [0.2, 0.25) is 0 Å². The lowest BCUT2D eigenvalue weighted by Crippen LogP contribution is -2.27. The molecule has 1 atom stereocenters. The first kappa shape index (κ1) is 16.3. The Balaban J connectivity index is 1.86. The van der Waals surface area contributed by atoms with E-state index in [9.17, 15) is 0 Å². The molecule has 0 aliphatic rings. The molecule has 2 rings (SSSR count). The van der Waals surface area contributed by atoms with Gasteiger partial charge in [-0.15, -0.1) is 0 Å². The van der Waals surface area contributed by atoms with Crippen molar-refractivity contribution >= 4 is 5.69 Å². The van der Waals surface area contributed by atoms with E-state index >= 15 is 0 Å². The molecule has 0 spiro atoms. The van der Waals surface area contributed by atoms with Crippen molar-refractivity contribution in [2.45, 2.75) is 39.3 Å². The summed E-state index contributed by atoms with van der Waals surface area (Å²) in [5, 5.41) is 3.48. The van der Waals surface area contributed by atoms with Gasteiger partial charge in [0.05, 0.1) is 18.0 Å². The first-order chi connectivity index (χ1) is 10.7. The standard InChI is InChI=1S/C18H25N3O/c1-3-10-22-18-8-7-15(12-17(18)19)11-14(2)21-13-16-6-4-5-9-20-16/h4-9,12,14,21H,3,10-11,13,19H2,1-2H3. The Hall–Kier alpha value is -2.07. The average molecular weight is 299 g/mol. The molecule has 4 heteroatoms. The monoisotopic (exact) mass is 299 g/mol. The van der Waals surface area contributed by atoms with Gasteiger partial charge >= 0.3 is 0 Å². The lowest BCUT2D eigenvalue weighted by atomic mass is 10.1. The minimum absolute atomic E-state index is 0.351. The number of nitrogens with zero attached hydrogens (tertiary/aromatic N) is 1. The van der Waals surface area contributed by atoms with Gasteiger partial charge in [-0.3, -0.25) is 4.98 Å². The molecule has 1 heterocycles. The van der Waals surface area contributed by atoms with Gasteiger partial charge in [-0.25, -0.2) is 0 Å². The SMILES string of the molecule is CCCOc1ccc(CC(C)NCc2ccccn2)cc1N. The normalized spacial score (nSPS) is 12.1. The van der Waals surface area contributed by atoms with Crippen molar-refractivity contribution in [1.29, 1.82) is 0 Å². The van der Waals surface area contributed by atoms with Crippen LogP contribution in [0.2, 0.25) is 0 Å². The highest BCUT2D eigenvalue weighted by Gasteiger charge is 2.07. The molecule has 2 aromatic rings. The number of ether oxygens (including phenoxy) is 1. The van der Waals surface area contributed by atoms with Gasteiger partial charge in [-0.1, -0.05) is 19.1 Å². The molecule has 0 radical (unpaired) electrons. The highest BCUT2D eigenvalue weighted by Crippen LogP contribution is 2.23. The van der Waals surface area contributed by atoms with Crippen LogP contribution in [0, 0.1) is 0 Å². The Morgan fingerprint density at radius 3 is 2.82 bits per heavy atom. The smallest absolute Gasteiger partial charge is 0.142 e. The number of nitrogens with two attached hydrogens (primary N) is 1. The molecule has 0 aliphatic heterocycles. The third kappa shape index (κ3) is 5.04. The molecule has 0 bridgehead atoms. The summed E-state index contributed by atoms with van der Waals surface area (Å²) in [6.45, 7) is 5.72. The van der Waals surface area contributed by atoms with Crippen LogP contribution in [0.15, 0.2) is 42.6 Å². The van der Waals surface area contributed by atoms with Crippen molar-refractivity contribution in [2.75, 3.05) is 12.3 Å². The van der Waals surface area contributed by atoms with Gasteiger partial charge in [0.25, 0.3) is 0 Å². The fourth-order valence-electron chi connectivity index (χ4n) is 2.28. The number of hydrogen-bond acceptors (Lipinski definition) is 4. The van der Waals surface area contributed by atoms with E-state index in [1.54, 1.807) is 0 Å². The molecule has 22 heavy (non-hydrogen) atoms. The number of hydrogen-bond donors (Lipinski definition) is 2. The van der Waals surface area contributed by atoms with E-state index in [1.165, 1.54) is 5.56 Å². The van der Waals surface area contributed by atoms with Crippen LogP contribution in [0.4, 0.5) is 5.69 Å². The molecule has 0 saturated carbocycles. The Morgan fingerprint density at radius 2 is 2.14 bits per heavy atom. The van der Waals surface area contributed by atoms with Gasteiger partial charge in [0.15, 0.2) is 0 Å². The highest BCUT2D eigenvalue weighted by atomic mass is 16.5. The summed E-state index contributed by atoms with van der Waals surface area (Å²) < 4.78 is 5.60. The maximum atomic E-state index is 6.05. The molecule has 1 aromatic heterocycles. The molecule has 118 valence electrons. The van der Waals surface area contributed by atoms with Gasteiger partial charge < -0.3 is 15.8 Å². The van der Waals surface area contributed by atoms with E-state index in [2.05, 4.69) is 30.2 Å². The van der Waals surface area contributed by atoms with Crippen molar-refractivity contribution < 1.29 is 4.74 Å². The molecule has 1 aromatic carbocycles. The summed E-state index contributed by atoms with van der Waals surface area (Å²) in [7, 11) is 0. The summed E-state index contributed by atoms with van der Waals surface area (Å²) in [4.78, 5) is 4.31. The Labute approximate surface area is 132 Å². The zero-order valence-corrected chi connectivity index (χ0v) is 13.4. The van der Waals surface area contributed by atoms with Crippen molar-refractivity contribution in [3.8, 4) is 5.75 Å². The predicted octanol–water partition coefficient (Wildman–Crippen LogP) is 3.17. The lowest BCUT2D eigenvalue weighted by Gasteiger charge is -2.15. The molecule has 1 unspecified atom stereocenters. The minimum Gasteiger partial charge on any atom is -0.491 e. The molecule has 4 nitrogen and oxygen atoms in total. The van der Waals surface area contributed by atoms with E-state index < -0.39 is 0 Å². The zero-order valence-electron chi connectivity index (χ0n) is 13.4. The Morgan fingerprint density at radius 1 is 1.27 bits per heavy atom. The third-order valence-corrected chi connectivity index (χ3v) is 3.44.